The highest BCUT2D eigenvalue weighted by Gasteiger charge is 2.30. The number of aliphatic imine (C=N–C) groups is 1. The number of hydrogen-bond acceptors (Lipinski definition) is 9. The van der Waals surface area contributed by atoms with Crippen LogP contribution >= 0.6 is 0 Å². The quantitative estimate of drug-likeness (QED) is 0.0505. The largest absolute Gasteiger partial charge is 0.480 e. The van der Waals surface area contributed by atoms with Gasteiger partial charge >= 0.3 is 5.97 Å². The zero-order valence-electron chi connectivity index (χ0n) is 18.9. The Morgan fingerprint density at radius 3 is 1.80 bits per heavy atom. The van der Waals surface area contributed by atoms with Gasteiger partial charge in [-0.25, -0.2) is 4.79 Å². The van der Waals surface area contributed by atoms with Crippen molar-refractivity contribution in [2.24, 2.45) is 33.7 Å². The first-order valence-corrected chi connectivity index (χ1v) is 10.4. The van der Waals surface area contributed by atoms with Crippen molar-refractivity contribution in [2.75, 3.05) is 13.2 Å². The lowest BCUT2D eigenvalue weighted by Crippen LogP contribution is -2.58. The topological polar surface area (TPSA) is 321 Å². The van der Waals surface area contributed by atoms with Gasteiger partial charge < -0.3 is 54.8 Å². The van der Waals surface area contributed by atoms with Gasteiger partial charge in [0.2, 0.25) is 29.5 Å². The number of carboxylic acids is 1. The van der Waals surface area contributed by atoms with E-state index in [0.717, 1.165) is 0 Å². The third-order valence-electron chi connectivity index (χ3n) is 4.45. The van der Waals surface area contributed by atoms with Gasteiger partial charge in [0.05, 0.1) is 19.1 Å². The number of aliphatic carboxylic acids is 1. The third-order valence-corrected chi connectivity index (χ3v) is 4.45. The number of guanidine groups is 1. The Balaban J connectivity index is 5.38. The van der Waals surface area contributed by atoms with Crippen molar-refractivity contribution < 1.29 is 39.0 Å². The maximum absolute atomic E-state index is 12.8. The number of amides is 5. The summed E-state index contributed by atoms with van der Waals surface area (Å²) in [6, 6.07) is -5.75. The number of carbonyl (C=O) groups excluding carboxylic acids is 5. The number of rotatable bonds is 17. The fourth-order valence-corrected chi connectivity index (χ4v) is 2.62. The monoisotopic (exact) mass is 503 g/mol. The summed E-state index contributed by atoms with van der Waals surface area (Å²) < 4.78 is 0. The molecule has 4 atom stereocenters. The molecule has 0 saturated carbocycles. The van der Waals surface area contributed by atoms with E-state index in [1.165, 1.54) is 0 Å². The molecule has 0 radical (unpaired) electrons. The Kier molecular flexibility index (Phi) is 14.0. The molecule has 0 rings (SSSR count). The molecule has 0 aliphatic heterocycles. The van der Waals surface area contributed by atoms with Crippen molar-refractivity contribution in [2.45, 2.75) is 56.3 Å². The van der Waals surface area contributed by atoms with E-state index in [2.05, 4.69) is 15.6 Å². The van der Waals surface area contributed by atoms with Crippen LogP contribution in [0.3, 0.4) is 0 Å². The van der Waals surface area contributed by atoms with E-state index < -0.39 is 72.7 Å². The molecule has 198 valence electrons. The first-order chi connectivity index (χ1) is 16.3. The van der Waals surface area contributed by atoms with Gasteiger partial charge in [-0.1, -0.05) is 0 Å². The number of carboxylic acid groups (broad SMARTS) is 1. The number of aliphatic hydroxyl groups is 1. The Hall–Kier alpha value is -3.99. The van der Waals surface area contributed by atoms with E-state index >= 15 is 0 Å². The van der Waals surface area contributed by atoms with Crippen LogP contribution in [0.25, 0.3) is 0 Å². The predicted molar refractivity (Wildman–Crippen MR) is 121 cm³/mol. The van der Waals surface area contributed by atoms with E-state index in [-0.39, 0.29) is 38.2 Å². The lowest BCUT2D eigenvalue weighted by Gasteiger charge is -2.24. The molecule has 0 bridgehead atoms. The fraction of sp³-hybridized carbons (Fsp3) is 0.611. The summed E-state index contributed by atoms with van der Waals surface area (Å²) >= 11 is 0. The molecule has 0 heterocycles. The Morgan fingerprint density at radius 2 is 1.31 bits per heavy atom. The summed E-state index contributed by atoms with van der Waals surface area (Å²) in [5.74, 6) is -6.24. The summed E-state index contributed by atoms with van der Waals surface area (Å²) in [6.45, 7) is -0.833. The van der Waals surface area contributed by atoms with E-state index in [9.17, 15) is 33.9 Å². The van der Waals surface area contributed by atoms with Gasteiger partial charge in [-0.15, -0.1) is 0 Å². The second kappa shape index (κ2) is 15.8. The number of nitrogens with two attached hydrogens (primary N) is 5. The van der Waals surface area contributed by atoms with Crippen molar-refractivity contribution in [1.29, 1.82) is 0 Å². The number of hydrogen-bond donors (Lipinski definition) is 10. The third kappa shape index (κ3) is 13.3. The van der Waals surface area contributed by atoms with E-state index in [4.69, 9.17) is 33.8 Å². The highest BCUT2D eigenvalue weighted by Crippen LogP contribution is 2.03. The molecule has 0 fully saturated rings. The minimum absolute atomic E-state index is 0.0178. The number of nitrogens with zero attached hydrogens (tertiary/aromatic N) is 1. The molecule has 17 heteroatoms. The smallest absolute Gasteiger partial charge is 0.326 e. The van der Waals surface area contributed by atoms with Gasteiger partial charge in [-0.3, -0.25) is 29.0 Å². The van der Waals surface area contributed by atoms with Crippen LogP contribution in [0.5, 0.6) is 0 Å². The van der Waals surface area contributed by atoms with E-state index in [0.29, 0.717) is 0 Å². The summed E-state index contributed by atoms with van der Waals surface area (Å²) in [7, 11) is 0. The molecule has 0 saturated heterocycles. The van der Waals surface area contributed by atoms with Crippen LogP contribution in [-0.4, -0.2) is 89.0 Å². The number of primary amides is 2. The predicted octanol–water partition coefficient (Wildman–Crippen LogP) is -5.96. The Bertz CT molecular complexity index is 816. The summed E-state index contributed by atoms with van der Waals surface area (Å²) in [5.41, 5.74) is 26.2. The number of nitrogens with one attached hydrogen (secondary N) is 3. The fourth-order valence-electron chi connectivity index (χ4n) is 2.62. The molecule has 0 aromatic rings. The lowest BCUT2D eigenvalue weighted by atomic mass is 10.1. The minimum atomic E-state index is -1.69. The highest BCUT2D eigenvalue weighted by molar-refractivity contribution is 5.95. The second-order valence-electron chi connectivity index (χ2n) is 7.44. The molecule has 17 nitrogen and oxygen atoms in total. The summed E-state index contributed by atoms with van der Waals surface area (Å²) in [4.78, 5) is 74.3. The highest BCUT2D eigenvalue weighted by atomic mass is 16.4. The first kappa shape index (κ1) is 31.0. The van der Waals surface area contributed by atoms with Gasteiger partial charge in [0.1, 0.15) is 18.1 Å². The van der Waals surface area contributed by atoms with Gasteiger partial charge in [-0.05, 0) is 19.3 Å². The van der Waals surface area contributed by atoms with Crippen LogP contribution in [-0.2, 0) is 28.8 Å². The van der Waals surface area contributed by atoms with Gasteiger partial charge in [0.25, 0.3) is 0 Å². The van der Waals surface area contributed by atoms with Crippen molar-refractivity contribution >= 4 is 41.5 Å². The molecule has 0 aromatic heterocycles. The second-order valence-corrected chi connectivity index (χ2v) is 7.44. The summed E-state index contributed by atoms with van der Waals surface area (Å²) in [5, 5.41) is 25.2. The normalized spacial score (nSPS) is 13.9. The average molecular weight is 504 g/mol. The molecule has 15 N–H and O–H groups in total. The lowest BCUT2D eigenvalue weighted by molar-refractivity contribution is -0.144. The maximum atomic E-state index is 12.8. The van der Waals surface area contributed by atoms with Crippen LogP contribution in [0, 0.1) is 0 Å². The van der Waals surface area contributed by atoms with Crippen LogP contribution in [0.1, 0.15) is 32.1 Å². The molecule has 0 aliphatic rings. The molecule has 35 heavy (non-hydrogen) atoms. The maximum Gasteiger partial charge on any atom is 0.326 e. The number of carbonyl (C=O) groups is 6. The van der Waals surface area contributed by atoms with Crippen molar-refractivity contribution in [3.05, 3.63) is 0 Å². The zero-order chi connectivity index (χ0) is 27.1. The van der Waals surface area contributed by atoms with Crippen molar-refractivity contribution in [1.82, 2.24) is 16.0 Å². The average Bonchev–Trinajstić information content (AvgIpc) is 2.76. The Morgan fingerprint density at radius 1 is 0.771 bits per heavy atom. The molecule has 4 unspecified atom stereocenters. The van der Waals surface area contributed by atoms with Crippen molar-refractivity contribution in [3.8, 4) is 0 Å². The molecular weight excluding hydrogens is 470 g/mol. The molecule has 0 spiro atoms. The number of aliphatic hydroxyl groups excluding tert-OH is 1. The molecule has 0 aliphatic carbocycles. The Labute approximate surface area is 200 Å². The summed E-state index contributed by atoms with van der Waals surface area (Å²) in [6.07, 6.45) is -0.779. The van der Waals surface area contributed by atoms with E-state index in [1.807, 2.05) is 5.32 Å². The molecular formula is C18H33N9O8. The first-order valence-electron chi connectivity index (χ1n) is 10.4. The van der Waals surface area contributed by atoms with Crippen LogP contribution in [0.2, 0.25) is 0 Å². The standard InChI is InChI=1S/C18H33N9O8/c19-8(3-4-12(20)29)14(31)25-9(2-1-5-24-18(22)23)15(32)27-11(7-28)16(33)26-10(17(34)35)6-13(21)30/h8-11,28H,1-7,19H2,(H2,20,29)(H2,21,30)(H,25,31)(H,26,33)(H,27,32)(H,34,35)(H4,22,23,24). The molecule has 0 aromatic carbocycles. The van der Waals surface area contributed by atoms with E-state index in [1.54, 1.807) is 0 Å². The van der Waals surface area contributed by atoms with Crippen LogP contribution in [0.4, 0.5) is 0 Å². The SMILES string of the molecule is NC(=O)CCC(N)C(=O)NC(CCCN=C(N)N)C(=O)NC(CO)C(=O)NC(CC(N)=O)C(=O)O. The minimum Gasteiger partial charge on any atom is -0.480 e. The zero-order valence-corrected chi connectivity index (χ0v) is 18.9. The van der Waals surface area contributed by atoms with Gasteiger partial charge in [0, 0.05) is 13.0 Å². The van der Waals surface area contributed by atoms with Crippen molar-refractivity contribution in [3.63, 3.8) is 0 Å². The van der Waals surface area contributed by atoms with Gasteiger partial charge in [-0.2, -0.15) is 0 Å². The van der Waals surface area contributed by atoms with Crippen LogP contribution < -0.4 is 44.6 Å². The molecule has 5 amide bonds. The van der Waals surface area contributed by atoms with Crippen LogP contribution in [0.15, 0.2) is 4.99 Å². The van der Waals surface area contributed by atoms with Gasteiger partial charge in [0.15, 0.2) is 5.96 Å².